The molecule has 1 aromatic carbocycles. The zero-order chi connectivity index (χ0) is 15.3. The number of fused-ring (bicyclic) bond motifs is 1. The maximum Gasteiger partial charge on any atom is 0.161 e. The summed E-state index contributed by atoms with van der Waals surface area (Å²) in [7, 11) is 1.74. The Kier molecular flexibility index (Phi) is 5.45. The average Bonchev–Trinajstić information content (AvgIpc) is 2.77. The first kappa shape index (κ1) is 16.1. The van der Waals surface area contributed by atoms with Crippen LogP contribution in [0.1, 0.15) is 44.7 Å². The minimum atomic E-state index is -0.339. The molecule has 2 rings (SSSR count). The number of rotatable bonds is 6. The first-order valence-electron chi connectivity index (χ1n) is 7.61. The molecule has 3 N–H and O–H groups in total. The van der Waals surface area contributed by atoms with Crippen molar-refractivity contribution in [2.75, 3.05) is 20.3 Å². The van der Waals surface area contributed by atoms with Crippen molar-refractivity contribution in [1.82, 2.24) is 5.43 Å². The molecule has 5 heteroatoms. The fraction of sp³-hybridized carbons (Fsp3) is 0.625. The van der Waals surface area contributed by atoms with Crippen LogP contribution in [0, 0.1) is 0 Å². The summed E-state index contributed by atoms with van der Waals surface area (Å²) in [5.74, 6) is 7.40. The number of nitrogens with two attached hydrogens (primary N) is 1. The first-order chi connectivity index (χ1) is 10.2. The lowest BCUT2D eigenvalue weighted by atomic mass is 9.84. The average molecular weight is 294 g/mol. The van der Waals surface area contributed by atoms with Crippen LogP contribution in [0.4, 0.5) is 0 Å². The Hall–Kier alpha value is -1.30. The lowest BCUT2D eigenvalue weighted by molar-refractivity contribution is -0.0487. The summed E-state index contributed by atoms with van der Waals surface area (Å²) >= 11 is 0. The van der Waals surface area contributed by atoms with Crippen molar-refractivity contribution in [3.8, 4) is 11.5 Å². The van der Waals surface area contributed by atoms with Crippen LogP contribution in [0.3, 0.4) is 0 Å². The smallest absolute Gasteiger partial charge is 0.161 e. The van der Waals surface area contributed by atoms with Gasteiger partial charge in [-0.05, 0) is 30.5 Å². The van der Waals surface area contributed by atoms with Gasteiger partial charge in [-0.1, -0.05) is 19.9 Å². The molecule has 1 aliphatic heterocycles. The third kappa shape index (κ3) is 3.15. The fourth-order valence-corrected chi connectivity index (χ4v) is 2.98. The minimum absolute atomic E-state index is 0.102. The zero-order valence-electron chi connectivity index (χ0n) is 13.1. The predicted molar refractivity (Wildman–Crippen MR) is 82.4 cm³/mol. The van der Waals surface area contributed by atoms with Crippen LogP contribution in [-0.2, 0) is 4.74 Å². The van der Waals surface area contributed by atoms with Gasteiger partial charge in [-0.25, -0.2) is 0 Å². The van der Waals surface area contributed by atoms with Crippen LogP contribution < -0.4 is 20.7 Å². The third-order valence-electron chi connectivity index (χ3n) is 4.40. The van der Waals surface area contributed by atoms with Gasteiger partial charge in [-0.15, -0.1) is 0 Å². The first-order valence-corrected chi connectivity index (χ1v) is 7.61. The summed E-state index contributed by atoms with van der Waals surface area (Å²) in [5, 5.41) is 0. The summed E-state index contributed by atoms with van der Waals surface area (Å²) in [4.78, 5) is 0. The van der Waals surface area contributed by atoms with E-state index in [9.17, 15) is 0 Å². The molecule has 5 nitrogen and oxygen atoms in total. The van der Waals surface area contributed by atoms with E-state index in [1.807, 2.05) is 18.2 Å². The zero-order valence-corrected chi connectivity index (χ0v) is 13.1. The van der Waals surface area contributed by atoms with E-state index in [4.69, 9.17) is 20.1 Å². The Morgan fingerprint density at radius 2 is 1.90 bits per heavy atom. The van der Waals surface area contributed by atoms with Crippen LogP contribution in [0.25, 0.3) is 0 Å². The largest absolute Gasteiger partial charge is 0.490 e. The molecule has 1 heterocycles. The van der Waals surface area contributed by atoms with E-state index in [0.717, 1.165) is 36.3 Å². The van der Waals surface area contributed by atoms with E-state index in [0.29, 0.717) is 13.2 Å². The van der Waals surface area contributed by atoms with Crippen molar-refractivity contribution in [3.63, 3.8) is 0 Å². The number of methoxy groups -OCH3 is 1. The minimum Gasteiger partial charge on any atom is -0.490 e. The Labute approximate surface area is 126 Å². The molecule has 0 spiro atoms. The molecule has 0 saturated heterocycles. The molecule has 1 aliphatic rings. The molecule has 0 bridgehead atoms. The van der Waals surface area contributed by atoms with Crippen LogP contribution >= 0.6 is 0 Å². The van der Waals surface area contributed by atoms with Crippen LogP contribution in [0.5, 0.6) is 11.5 Å². The second-order valence-electron chi connectivity index (χ2n) is 5.33. The number of hydrazine groups is 1. The number of nitrogens with one attached hydrogen (secondary N) is 1. The van der Waals surface area contributed by atoms with Gasteiger partial charge in [0.1, 0.15) is 0 Å². The van der Waals surface area contributed by atoms with Crippen LogP contribution in [-0.4, -0.2) is 25.9 Å². The molecule has 1 atom stereocenters. The number of benzene rings is 1. The molecule has 0 amide bonds. The number of ether oxygens (including phenoxy) is 3. The summed E-state index contributed by atoms with van der Waals surface area (Å²) in [5.41, 5.74) is 3.62. The number of hydrogen-bond acceptors (Lipinski definition) is 5. The Balaban J connectivity index is 2.36. The fourth-order valence-electron chi connectivity index (χ4n) is 2.98. The van der Waals surface area contributed by atoms with E-state index < -0.39 is 0 Å². The molecule has 0 aliphatic carbocycles. The maximum atomic E-state index is 5.82. The Morgan fingerprint density at radius 1 is 1.24 bits per heavy atom. The second kappa shape index (κ2) is 7.11. The summed E-state index contributed by atoms with van der Waals surface area (Å²) in [6.45, 7) is 5.59. The van der Waals surface area contributed by atoms with Gasteiger partial charge in [0.05, 0.1) is 24.9 Å². The van der Waals surface area contributed by atoms with Gasteiger partial charge in [0, 0.05) is 13.5 Å². The quantitative estimate of drug-likeness (QED) is 0.623. The van der Waals surface area contributed by atoms with Crippen molar-refractivity contribution in [2.24, 2.45) is 5.84 Å². The molecule has 1 unspecified atom stereocenters. The Bertz CT molecular complexity index is 453. The molecule has 0 aromatic heterocycles. The van der Waals surface area contributed by atoms with Crippen LogP contribution in [0.2, 0.25) is 0 Å². The summed E-state index contributed by atoms with van der Waals surface area (Å²) in [6, 6.07) is 5.88. The molecule has 21 heavy (non-hydrogen) atoms. The van der Waals surface area contributed by atoms with E-state index in [1.54, 1.807) is 7.11 Å². The monoisotopic (exact) mass is 294 g/mol. The van der Waals surface area contributed by atoms with E-state index in [2.05, 4.69) is 19.3 Å². The molecular formula is C16H26N2O3. The topological polar surface area (TPSA) is 65.7 Å². The second-order valence-corrected chi connectivity index (χ2v) is 5.33. The molecule has 0 saturated carbocycles. The van der Waals surface area contributed by atoms with Crippen molar-refractivity contribution < 1.29 is 14.2 Å². The van der Waals surface area contributed by atoms with Gasteiger partial charge >= 0.3 is 0 Å². The van der Waals surface area contributed by atoms with Crippen molar-refractivity contribution in [3.05, 3.63) is 23.8 Å². The lowest BCUT2D eigenvalue weighted by Gasteiger charge is -2.38. The molecule has 118 valence electrons. The van der Waals surface area contributed by atoms with E-state index in [1.165, 1.54) is 0 Å². The van der Waals surface area contributed by atoms with E-state index >= 15 is 0 Å². The highest BCUT2D eigenvalue weighted by Crippen LogP contribution is 2.38. The van der Waals surface area contributed by atoms with Gasteiger partial charge in [0.2, 0.25) is 0 Å². The van der Waals surface area contributed by atoms with Crippen molar-refractivity contribution >= 4 is 0 Å². The number of hydrogen-bond donors (Lipinski definition) is 2. The Morgan fingerprint density at radius 3 is 2.48 bits per heavy atom. The standard InChI is InChI=1S/C16H26N2O3/c1-4-16(5-2,19-3)15(18-17)12-7-8-13-14(11-12)21-10-6-9-20-13/h7-8,11,15,18H,4-6,9-10,17H2,1-3H3. The molecule has 0 radical (unpaired) electrons. The van der Waals surface area contributed by atoms with E-state index in [-0.39, 0.29) is 11.6 Å². The SMILES string of the molecule is CCC(CC)(OC)C(NN)c1ccc2c(c1)OCCCO2. The predicted octanol–water partition coefficient (Wildman–Crippen LogP) is 2.56. The van der Waals surface area contributed by atoms with Crippen molar-refractivity contribution in [1.29, 1.82) is 0 Å². The highest BCUT2D eigenvalue weighted by atomic mass is 16.5. The van der Waals surface area contributed by atoms with Gasteiger partial charge in [0.25, 0.3) is 0 Å². The molecule has 1 aromatic rings. The normalized spacial score (nSPS) is 16.4. The van der Waals surface area contributed by atoms with Crippen molar-refractivity contribution in [2.45, 2.75) is 44.8 Å². The summed E-state index contributed by atoms with van der Waals surface area (Å²) < 4.78 is 17.2. The molecule has 0 fully saturated rings. The maximum absolute atomic E-state index is 5.82. The van der Waals surface area contributed by atoms with Crippen LogP contribution in [0.15, 0.2) is 18.2 Å². The molecular weight excluding hydrogens is 268 g/mol. The van der Waals surface area contributed by atoms with Gasteiger partial charge in [0.15, 0.2) is 11.5 Å². The highest BCUT2D eigenvalue weighted by molar-refractivity contribution is 5.44. The lowest BCUT2D eigenvalue weighted by Crippen LogP contribution is -2.47. The highest BCUT2D eigenvalue weighted by Gasteiger charge is 2.36. The third-order valence-corrected chi connectivity index (χ3v) is 4.40. The van der Waals surface area contributed by atoms with Gasteiger partial charge in [-0.3, -0.25) is 11.3 Å². The van der Waals surface area contributed by atoms with Gasteiger partial charge in [-0.2, -0.15) is 0 Å². The van der Waals surface area contributed by atoms with Gasteiger partial charge < -0.3 is 14.2 Å². The summed E-state index contributed by atoms with van der Waals surface area (Å²) in [6.07, 6.45) is 2.63.